The highest BCUT2D eigenvalue weighted by atomic mass is 15.3. The first kappa shape index (κ1) is 12.4. The zero-order chi connectivity index (χ0) is 13.1. The van der Waals surface area contributed by atoms with Crippen molar-refractivity contribution in [2.75, 3.05) is 7.05 Å². The fraction of sp³-hybridized carbons (Fsp3) is 0.286. The SMILES string of the molecule is CN=C/C=C(\N)c1ccc2c(cnn2C(C)C)c1. The van der Waals surface area contributed by atoms with Crippen LogP contribution in [0.2, 0.25) is 0 Å². The Morgan fingerprint density at radius 1 is 1.44 bits per heavy atom. The minimum atomic E-state index is 0.355. The molecule has 0 bridgehead atoms. The number of fused-ring (bicyclic) bond motifs is 1. The second kappa shape index (κ2) is 5.04. The van der Waals surface area contributed by atoms with Gasteiger partial charge in [-0.15, -0.1) is 0 Å². The van der Waals surface area contributed by atoms with Crippen molar-refractivity contribution >= 4 is 22.8 Å². The summed E-state index contributed by atoms with van der Waals surface area (Å²) in [4.78, 5) is 3.89. The molecule has 94 valence electrons. The van der Waals surface area contributed by atoms with Crippen LogP contribution in [-0.2, 0) is 0 Å². The number of rotatable bonds is 3. The van der Waals surface area contributed by atoms with Crippen LogP contribution in [0, 0.1) is 0 Å². The van der Waals surface area contributed by atoms with E-state index in [1.165, 1.54) is 0 Å². The molecule has 0 saturated heterocycles. The lowest BCUT2D eigenvalue weighted by molar-refractivity contribution is 0.551. The Balaban J connectivity index is 2.46. The Hall–Kier alpha value is -2.10. The zero-order valence-corrected chi connectivity index (χ0v) is 11.0. The normalized spacial score (nSPS) is 13.0. The number of benzene rings is 1. The van der Waals surface area contributed by atoms with Gasteiger partial charge in [0.25, 0.3) is 0 Å². The maximum absolute atomic E-state index is 5.98. The van der Waals surface area contributed by atoms with E-state index in [2.05, 4.69) is 36.1 Å². The van der Waals surface area contributed by atoms with E-state index >= 15 is 0 Å². The Morgan fingerprint density at radius 2 is 2.22 bits per heavy atom. The number of allylic oxidation sites excluding steroid dienone is 1. The van der Waals surface area contributed by atoms with Crippen LogP contribution in [-0.4, -0.2) is 23.0 Å². The average molecular weight is 242 g/mol. The number of hydrogen-bond donors (Lipinski definition) is 1. The first-order valence-corrected chi connectivity index (χ1v) is 5.99. The van der Waals surface area contributed by atoms with Crippen LogP contribution < -0.4 is 5.73 Å². The molecule has 0 saturated carbocycles. The molecule has 4 heteroatoms. The predicted octanol–water partition coefficient (Wildman–Crippen LogP) is 2.62. The van der Waals surface area contributed by atoms with Gasteiger partial charge in [0.1, 0.15) is 0 Å². The molecule has 0 radical (unpaired) electrons. The van der Waals surface area contributed by atoms with Crippen LogP contribution in [0.15, 0.2) is 35.5 Å². The standard InChI is InChI=1S/C14H18N4/c1-10(2)18-14-5-4-11(8-12(14)9-17-18)13(15)6-7-16-3/h4-10H,15H2,1-3H3/b13-6-,16-7?. The Morgan fingerprint density at radius 3 is 2.89 bits per heavy atom. The van der Waals surface area contributed by atoms with E-state index in [4.69, 9.17) is 5.73 Å². The summed E-state index contributed by atoms with van der Waals surface area (Å²) in [7, 11) is 1.72. The highest BCUT2D eigenvalue weighted by molar-refractivity contribution is 5.87. The third kappa shape index (κ3) is 2.27. The molecule has 0 amide bonds. The summed E-state index contributed by atoms with van der Waals surface area (Å²) in [5.41, 5.74) is 8.81. The van der Waals surface area contributed by atoms with Crippen LogP contribution in [0.3, 0.4) is 0 Å². The number of nitrogens with zero attached hydrogens (tertiary/aromatic N) is 3. The van der Waals surface area contributed by atoms with Crippen LogP contribution in [0.4, 0.5) is 0 Å². The highest BCUT2D eigenvalue weighted by Crippen LogP contribution is 2.21. The molecule has 0 fully saturated rings. The summed E-state index contributed by atoms with van der Waals surface area (Å²) >= 11 is 0. The summed E-state index contributed by atoms with van der Waals surface area (Å²) in [5, 5.41) is 5.49. The second-order valence-corrected chi connectivity index (χ2v) is 4.49. The molecular weight excluding hydrogens is 224 g/mol. The first-order chi connectivity index (χ1) is 8.63. The Kier molecular flexibility index (Phi) is 3.46. The third-order valence-electron chi connectivity index (χ3n) is 2.82. The molecule has 2 rings (SSSR count). The first-order valence-electron chi connectivity index (χ1n) is 5.99. The van der Waals surface area contributed by atoms with E-state index in [1.54, 1.807) is 19.3 Å². The van der Waals surface area contributed by atoms with E-state index in [0.29, 0.717) is 11.7 Å². The third-order valence-corrected chi connectivity index (χ3v) is 2.82. The molecule has 1 heterocycles. The molecule has 2 aromatic rings. The van der Waals surface area contributed by atoms with Crippen molar-refractivity contribution in [3.05, 3.63) is 36.0 Å². The molecule has 4 nitrogen and oxygen atoms in total. The van der Waals surface area contributed by atoms with E-state index in [0.717, 1.165) is 16.5 Å². The van der Waals surface area contributed by atoms with Crippen LogP contribution in [0.25, 0.3) is 16.6 Å². The largest absolute Gasteiger partial charge is 0.398 e. The van der Waals surface area contributed by atoms with Gasteiger partial charge in [0.2, 0.25) is 0 Å². The fourth-order valence-corrected chi connectivity index (χ4v) is 1.90. The lowest BCUT2D eigenvalue weighted by atomic mass is 10.1. The van der Waals surface area contributed by atoms with Gasteiger partial charge in [-0.1, -0.05) is 6.07 Å². The molecule has 1 aromatic heterocycles. The van der Waals surface area contributed by atoms with Crippen molar-refractivity contribution in [2.24, 2.45) is 10.7 Å². The molecular formula is C14H18N4. The minimum absolute atomic E-state index is 0.355. The van der Waals surface area contributed by atoms with Crippen molar-refractivity contribution in [3.63, 3.8) is 0 Å². The van der Waals surface area contributed by atoms with Gasteiger partial charge in [-0.05, 0) is 37.6 Å². The molecule has 2 N–H and O–H groups in total. The monoisotopic (exact) mass is 242 g/mol. The zero-order valence-electron chi connectivity index (χ0n) is 11.0. The number of aromatic nitrogens is 2. The van der Waals surface area contributed by atoms with Gasteiger partial charge >= 0.3 is 0 Å². The van der Waals surface area contributed by atoms with Gasteiger partial charge in [-0.2, -0.15) is 5.10 Å². The molecule has 0 aliphatic rings. The summed E-state index contributed by atoms with van der Waals surface area (Å²) in [5.74, 6) is 0. The van der Waals surface area contributed by atoms with Crippen molar-refractivity contribution in [1.82, 2.24) is 9.78 Å². The average Bonchev–Trinajstić information content (AvgIpc) is 2.78. The summed E-state index contributed by atoms with van der Waals surface area (Å²) in [6.07, 6.45) is 5.37. The molecule has 0 aliphatic heterocycles. The number of nitrogens with two attached hydrogens (primary N) is 1. The fourth-order valence-electron chi connectivity index (χ4n) is 1.90. The van der Waals surface area contributed by atoms with Crippen LogP contribution >= 0.6 is 0 Å². The van der Waals surface area contributed by atoms with E-state index in [-0.39, 0.29) is 0 Å². The van der Waals surface area contributed by atoms with Crippen molar-refractivity contribution in [3.8, 4) is 0 Å². The van der Waals surface area contributed by atoms with Crippen molar-refractivity contribution in [1.29, 1.82) is 0 Å². The molecule has 0 aliphatic carbocycles. The van der Waals surface area contributed by atoms with Gasteiger partial charge < -0.3 is 5.73 Å². The number of hydrogen-bond acceptors (Lipinski definition) is 3. The maximum atomic E-state index is 5.98. The van der Waals surface area contributed by atoms with Gasteiger partial charge in [-0.25, -0.2) is 0 Å². The predicted molar refractivity (Wildman–Crippen MR) is 76.7 cm³/mol. The minimum Gasteiger partial charge on any atom is -0.398 e. The highest BCUT2D eigenvalue weighted by Gasteiger charge is 2.06. The summed E-state index contributed by atoms with van der Waals surface area (Å²) < 4.78 is 2.01. The molecule has 0 spiro atoms. The van der Waals surface area contributed by atoms with Crippen molar-refractivity contribution in [2.45, 2.75) is 19.9 Å². The molecule has 0 unspecified atom stereocenters. The lowest BCUT2D eigenvalue weighted by Crippen LogP contribution is -2.02. The summed E-state index contributed by atoms with van der Waals surface area (Å²) in [6.45, 7) is 4.23. The molecule has 0 atom stereocenters. The Labute approximate surface area is 107 Å². The van der Waals surface area contributed by atoms with Crippen LogP contribution in [0.5, 0.6) is 0 Å². The Bertz CT molecular complexity index is 605. The van der Waals surface area contributed by atoms with Gasteiger partial charge in [0, 0.05) is 30.4 Å². The van der Waals surface area contributed by atoms with Crippen LogP contribution in [0.1, 0.15) is 25.5 Å². The van der Waals surface area contributed by atoms with Gasteiger partial charge in [0.15, 0.2) is 0 Å². The van der Waals surface area contributed by atoms with Gasteiger partial charge in [0.05, 0.1) is 11.7 Å². The molecule has 18 heavy (non-hydrogen) atoms. The van der Waals surface area contributed by atoms with E-state index < -0.39 is 0 Å². The van der Waals surface area contributed by atoms with Gasteiger partial charge in [-0.3, -0.25) is 9.67 Å². The van der Waals surface area contributed by atoms with Crippen molar-refractivity contribution < 1.29 is 0 Å². The quantitative estimate of drug-likeness (QED) is 0.841. The van der Waals surface area contributed by atoms with E-state index in [1.807, 2.05) is 16.9 Å². The second-order valence-electron chi connectivity index (χ2n) is 4.49. The van der Waals surface area contributed by atoms with E-state index in [9.17, 15) is 0 Å². The molecule has 1 aromatic carbocycles. The topological polar surface area (TPSA) is 56.2 Å². The summed E-state index contributed by atoms with van der Waals surface area (Å²) in [6, 6.07) is 6.48. The number of aliphatic imine (C=N–C) groups is 1. The maximum Gasteiger partial charge on any atom is 0.0685 e. The lowest BCUT2D eigenvalue weighted by Gasteiger charge is -2.07. The smallest absolute Gasteiger partial charge is 0.0685 e.